The number of rotatable bonds is 0. The highest BCUT2D eigenvalue weighted by atomic mass is 16.1. The van der Waals surface area contributed by atoms with Gasteiger partial charge in [0.05, 0.1) is 5.52 Å². The second-order valence-corrected chi connectivity index (χ2v) is 4.48. The van der Waals surface area contributed by atoms with Crippen molar-refractivity contribution in [3.05, 3.63) is 45.2 Å². The fourth-order valence-corrected chi connectivity index (χ4v) is 2.62. The largest absolute Gasteiger partial charge is 0.359 e. The molecule has 17 heavy (non-hydrogen) atoms. The van der Waals surface area contributed by atoms with Crippen LogP contribution in [0.2, 0.25) is 0 Å². The van der Waals surface area contributed by atoms with Crippen molar-refractivity contribution < 1.29 is 0 Å². The van der Waals surface area contributed by atoms with E-state index in [9.17, 15) is 4.79 Å². The van der Waals surface area contributed by atoms with Gasteiger partial charge in [-0.1, -0.05) is 6.07 Å². The van der Waals surface area contributed by atoms with Gasteiger partial charge in [-0.25, -0.2) is 0 Å². The van der Waals surface area contributed by atoms with Gasteiger partial charge >= 0.3 is 0 Å². The third-order valence-electron chi connectivity index (χ3n) is 3.50. The fraction of sp³-hybridized carbons (Fsp3) is 0.286. The molecule has 0 amide bonds. The molecule has 3 nitrogen and oxygen atoms in total. The number of aryl methyl sites for hydroxylation is 2. The van der Waals surface area contributed by atoms with Crippen LogP contribution >= 0.6 is 0 Å². The molecule has 0 aliphatic heterocycles. The molecular weight excluding hydrogens is 212 g/mol. The van der Waals surface area contributed by atoms with Gasteiger partial charge in [-0.05, 0) is 42.9 Å². The summed E-state index contributed by atoms with van der Waals surface area (Å²) in [5, 5.41) is 9.49. The summed E-state index contributed by atoms with van der Waals surface area (Å²) in [6.07, 6.45) is 6.04. The number of H-pyrrole nitrogens is 1. The molecule has 1 heterocycles. The van der Waals surface area contributed by atoms with Crippen LogP contribution in [0.25, 0.3) is 10.9 Å². The Hall–Kier alpha value is -2.08. The monoisotopic (exact) mass is 224 g/mol. The zero-order valence-electron chi connectivity index (χ0n) is 9.42. The minimum Gasteiger partial charge on any atom is -0.359 e. The van der Waals surface area contributed by atoms with Gasteiger partial charge in [0.2, 0.25) is 5.43 Å². The van der Waals surface area contributed by atoms with Gasteiger partial charge in [-0.3, -0.25) is 4.79 Å². The van der Waals surface area contributed by atoms with Gasteiger partial charge in [0, 0.05) is 11.6 Å². The third kappa shape index (κ3) is 1.45. The highest BCUT2D eigenvalue weighted by Crippen LogP contribution is 2.26. The van der Waals surface area contributed by atoms with E-state index in [-0.39, 0.29) is 11.0 Å². The second kappa shape index (κ2) is 3.74. The first-order valence-electron chi connectivity index (χ1n) is 5.87. The van der Waals surface area contributed by atoms with E-state index in [1.807, 2.05) is 18.2 Å². The van der Waals surface area contributed by atoms with Gasteiger partial charge in [0.15, 0.2) is 0 Å². The van der Waals surface area contributed by atoms with Gasteiger partial charge in [-0.2, -0.15) is 5.26 Å². The molecule has 3 rings (SSSR count). The van der Waals surface area contributed by atoms with Crippen molar-refractivity contribution in [3.63, 3.8) is 0 Å². The van der Waals surface area contributed by atoms with Crippen LogP contribution in [-0.4, -0.2) is 4.98 Å². The average Bonchev–Trinajstić information content (AvgIpc) is 2.39. The van der Waals surface area contributed by atoms with Crippen LogP contribution in [0, 0.1) is 11.3 Å². The van der Waals surface area contributed by atoms with Crippen LogP contribution in [0.4, 0.5) is 0 Å². The molecule has 1 aromatic carbocycles. The molecule has 2 aromatic rings. The van der Waals surface area contributed by atoms with E-state index in [1.54, 1.807) is 0 Å². The Balaban J connectivity index is 2.40. The Bertz CT molecular complexity index is 692. The van der Waals surface area contributed by atoms with E-state index in [2.05, 4.69) is 4.98 Å². The maximum Gasteiger partial charge on any atom is 0.207 e. The van der Waals surface area contributed by atoms with Gasteiger partial charge in [-0.15, -0.1) is 0 Å². The number of benzene rings is 1. The van der Waals surface area contributed by atoms with Crippen molar-refractivity contribution in [1.82, 2.24) is 4.98 Å². The third-order valence-corrected chi connectivity index (χ3v) is 3.50. The van der Waals surface area contributed by atoms with E-state index < -0.39 is 0 Å². The van der Waals surface area contributed by atoms with Gasteiger partial charge in [0.1, 0.15) is 11.6 Å². The lowest BCUT2D eigenvalue weighted by Crippen LogP contribution is -2.11. The van der Waals surface area contributed by atoms with Crippen LogP contribution in [0.1, 0.15) is 29.5 Å². The number of pyridine rings is 1. The summed E-state index contributed by atoms with van der Waals surface area (Å²) in [5.74, 6) is 0. The molecule has 1 aliphatic carbocycles. The molecule has 0 saturated carbocycles. The van der Waals surface area contributed by atoms with Crippen LogP contribution in [0.15, 0.2) is 23.1 Å². The molecule has 0 bridgehead atoms. The number of nitrogens with one attached hydrogen (secondary N) is 1. The molecule has 1 aliphatic rings. The molecule has 1 aromatic heterocycles. The number of hydrogen-bond donors (Lipinski definition) is 1. The lowest BCUT2D eigenvalue weighted by Gasteiger charge is -2.17. The topological polar surface area (TPSA) is 56.6 Å². The minimum atomic E-state index is -0.158. The highest BCUT2D eigenvalue weighted by Gasteiger charge is 2.14. The number of nitriles is 1. The number of nitrogens with zero attached hydrogens (tertiary/aromatic N) is 1. The quantitative estimate of drug-likeness (QED) is 0.746. The Labute approximate surface area is 98.7 Å². The van der Waals surface area contributed by atoms with Gasteiger partial charge in [0.25, 0.3) is 0 Å². The molecule has 1 N–H and O–H groups in total. The SMILES string of the molecule is N#Cc1c[nH]c2c3c(ccc2c1=O)CCCC3. The lowest BCUT2D eigenvalue weighted by atomic mass is 9.89. The summed E-state index contributed by atoms with van der Waals surface area (Å²) in [6, 6.07) is 5.81. The fourth-order valence-electron chi connectivity index (χ4n) is 2.62. The molecular formula is C14H12N2O. The maximum absolute atomic E-state index is 12.0. The Morgan fingerprint density at radius 1 is 1.24 bits per heavy atom. The van der Waals surface area contributed by atoms with E-state index in [0.29, 0.717) is 5.39 Å². The molecule has 0 unspecified atom stereocenters. The zero-order chi connectivity index (χ0) is 11.8. The normalized spacial score (nSPS) is 14.3. The predicted octanol–water partition coefficient (Wildman–Crippen LogP) is 2.28. The Morgan fingerprint density at radius 3 is 2.88 bits per heavy atom. The molecule has 3 heteroatoms. The van der Waals surface area contributed by atoms with E-state index in [0.717, 1.165) is 18.4 Å². The molecule has 0 atom stereocenters. The summed E-state index contributed by atoms with van der Waals surface area (Å²) in [4.78, 5) is 15.1. The molecule has 0 radical (unpaired) electrons. The Kier molecular flexibility index (Phi) is 2.22. The van der Waals surface area contributed by atoms with Crippen molar-refractivity contribution in [2.75, 3.05) is 0 Å². The number of fused-ring (bicyclic) bond motifs is 3. The first kappa shape index (κ1) is 10.1. The first-order chi connectivity index (χ1) is 8.31. The van der Waals surface area contributed by atoms with Crippen molar-refractivity contribution in [2.45, 2.75) is 25.7 Å². The lowest BCUT2D eigenvalue weighted by molar-refractivity contribution is 0.689. The van der Waals surface area contributed by atoms with E-state index >= 15 is 0 Å². The van der Waals surface area contributed by atoms with Gasteiger partial charge < -0.3 is 4.98 Å². The highest BCUT2D eigenvalue weighted by molar-refractivity contribution is 5.84. The summed E-state index contributed by atoms with van der Waals surface area (Å²) in [5.41, 5.74) is 3.55. The number of hydrogen-bond acceptors (Lipinski definition) is 2. The molecule has 0 spiro atoms. The van der Waals surface area contributed by atoms with Crippen molar-refractivity contribution >= 4 is 10.9 Å². The average molecular weight is 224 g/mol. The Morgan fingerprint density at radius 2 is 2.06 bits per heavy atom. The van der Waals surface area contributed by atoms with Crippen molar-refractivity contribution in [3.8, 4) is 6.07 Å². The number of aromatic nitrogens is 1. The van der Waals surface area contributed by atoms with Crippen LogP contribution in [-0.2, 0) is 12.8 Å². The second-order valence-electron chi connectivity index (χ2n) is 4.48. The van der Waals surface area contributed by atoms with Crippen molar-refractivity contribution in [1.29, 1.82) is 5.26 Å². The maximum atomic E-state index is 12.0. The first-order valence-corrected chi connectivity index (χ1v) is 5.87. The summed E-state index contributed by atoms with van der Waals surface area (Å²) >= 11 is 0. The zero-order valence-corrected chi connectivity index (χ0v) is 9.42. The molecule has 0 fully saturated rings. The standard InChI is InChI=1S/C14H12N2O/c15-7-10-8-16-13-11-4-2-1-3-9(11)5-6-12(13)14(10)17/h5-6,8H,1-4H2,(H,16,17). The smallest absolute Gasteiger partial charge is 0.207 e. The summed E-state index contributed by atoms with van der Waals surface area (Å²) in [7, 11) is 0. The predicted molar refractivity (Wildman–Crippen MR) is 65.9 cm³/mol. The summed E-state index contributed by atoms with van der Waals surface area (Å²) in [6.45, 7) is 0. The number of aromatic amines is 1. The van der Waals surface area contributed by atoms with Crippen molar-refractivity contribution in [2.24, 2.45) is 0 Å². The van der Waals surface area contributed by atoms with Crippen LogP contribution in [0.5, 0.6) is 0 Å². The van der Waals surface area contributed by atoms with E-state index in [4.69, 9.17) is 5.26 Å². The molecule has 0 saturated heterocycles. The molecule has 84 valence electrons. The summed E-state index contributed by atoms with van der Waals surface area (Å²) < 4.78 is 0. The van der Waals surface area contributed by atoms with E-state index in [1.165, 1.54) is 30.2 Å². The van der Waals surface area contributed by atoms with Crippen LogP contribution < -0.4 is 5.43 Å². The van der Waals surface area contributed by atoms with Crippen LogP contribution in [0.3, 0.4) is 0 Å². The minimum absolute atomic E-state index is 0.158.